The molecule has 2 unspecified atom stereocenters. The van der Waals surface area contributed by atoms with Crippen LogP contribution in [0, 0.1) is 6.92 Å². The smallest absolute Gasteiger partial charge is 0.112 e. The van der Waals surface area contributed by atoms with Crippen LogP contribution >= 0.6 is 11.6 Å². The molecule has 0 heterocycles. The highest BCUT2D eigenvalue weighted by Gasteiger charge is 2.41. The molecule has 0 aromatic heterocycles. The molecule has 0 nitrogen and oxygen atoms in total. The second kappa shape index (κ2) is 7.23. The van der Waals surface area contributed by atoms with Crippen LogP contribution in [0.2, 0.25) is 5.02 Å². The fraction of sp³-hybridized carbons (Fsp3) is 0.625. The maximum atomic E-state index is 14.6. The van der Waals surface area contributed by atoms with Gasteiger partial charge in [0, 0.05) is 5.02 Å². The minimum absolute atomic E-state index is 0.385. The van der Waals surface area contributed by atoms with E-state index in [2.05, 4.69) is 0 Å². The van der Waals surface area contributed by atoms with Crippen LogP contribution in [0.3, 0.4) is 0 Å². The molecule has 0 N–H and O–H groups in total. The molecule has 0 aliphatic rings. The number of alkyl halides is 2. The Balaban J connectivity index is 3.32. The Morgan fingerprint density at radius 1 is 1.26 bits per heavy atom. The highest BCUT2D eigenvalue weighted by atomic mass is 35.5. The van der Waals surface area contributed by atoms with Gasteiger partial charge in [0.1, 0.15) is 12.8 Å². The molecule has 1 aromatic rings. The highest BCUT2D eigenvalue weighted by Crippen LogP contribution is 2.40. The van der Waals surface area contributed by atoms with Crippen molar-refractivity contribution in [2.45, 2.75) is 58.0 Å². The van der Waals surface area contributed by atoms with Crippen molar-refractivity contribution in [2.75, 3.05) is 6.67 Å². The van der Waals surface area contributed by atoms with Gasteiger partial charge in [0.15, 0.2) is 0 Å². The average Bonchev–Trinajstić information content (AvgIpc) is 2.39. The fourth-order valence-corrected chi connectivity index (χ4v) is 2.96. The molecule has 0 saturated heterocycles. The third-order valence-corrected chi connectivity index (χ3v) is 4.05. The van der Waals surface area contributed by atoms with Gasteiger partial charge in [-0.3, -0.25) is 4.39 Å². The second-order valence-corrected chi connectivity index (χ2v) is 5.69. The second-order valence-electron chi connectivity index (χ2n) is 5.26. The Labute approximate surface area is 120 Å². The summed E-state index contributed by atoms with van der Waals surface area (Å²) in [5.74, 6) is 0. The molecule has 0 radical (unpaired) electrons. The molecule has 108 valence electrons. The van der Waals surface area contributed by atoms with E-state index in [0.717, 1.165) is 17.5 Å². The SMILES string of the molecule is CCCC(F)C(CF)(CCC)c1cc(Cl)ccc1C. The maximum Gasteiger partial charge on any atom is 0.112 e. The molecular formula is C16H23ClF2. The number of benzene rings is 1. The van der Waals surface area contributed by atoms with Crippen molar-refractivity contribution in [3.63, 3.8) is 0 Å². The first-order valence-corrected chi connectivity index (χ1v) is 7.36. The summed E-state index contributed by atoms with van der Waals surface area (Å²) < 4.78 is 28.4. The molecule has 0 fully saturated rings. The summed E-state index contributed by atoms with van der Waals surface area (Å²) in [7, 11) is 0. The van der Waals surface area contributed by atoms with E-state index in [1.807, 2.05) is 26.8 Å². The van der Waals surface area contributed by atoms with Gasteiger partial charge in [-0.25, -0.2) is 4.39 Å². The lowest BCUT2D eigenvalue weighted by Crippen LogP contribution is -2.40. The molecule has 0 bridgehead atoms. The first-order valence-electron chi connectivity index (χ1n) is 6.98. The summed E-state index contributed by atoms with van der Waals surface area (Å²) in [5, 5.41) is 0.540. The first kappa shape index (κ1) is 16.4. The number of hydrogen-bond donors (Lipinski definition) is 0. The quantitative estimate of drug-likeness (QED) is 0.595. The van der Waals surface area contributed by atoms with E-state index in [1.54, 1.807) is 12.1 Å². The lowest BCUT2D eigenvalue weighted by atomic mass is 9.71. The van der Waals surface area contributed by atoms with Crippen LogP contribution in [-0.2, 0) is 5.41 Å². The zero-order chi connectivity index (χ0) is 14.5. The van der Waals surface area contributed by atoms with E-state index >= 15 is 0 Å². The predicted molar refractivity (Wildman–Crippen MR) is 78.6 cm³/mol. The zero-order valence-corrected chi connectivity index (χ0v) is 12.7. The Morgan fingerprint density at radius 3 is 2.47 bits per heavy atom. The normalized spacial score (nSPS) is 16.1. The highest BCUT2D eigenvalue weighted by molar-refractivity contribution is 6.30. The van der Waals surface area contributed by atoms with E-state index < -0.39 is 18.3 Å². The third kappa shape index (κ3) is 3.47. The van der Waals surface area contributed by atoms with E-state index in [9.17, 15) is 8.78 Å². The van der Waals surface area contributed by atoms with Crippen LogP contribution in [-0.4, -0.2) is 12.8 Å². The molecule has 0 saturated carbocycles. The number of halogens is 3. The largest absolute Gasteiger partial charge is 0.250 e. The van der Waals surface area contributed by atoms with Crippen LogP contribution in [0.25, 0.3) is 0 Å². The van der Waals surface area contributed by atoms with Crippen molar-refractivity contribution in [3.8, 4) is 0 Å². The molecule has 1 aromatic carbocycles. The van der Waals surface area contributed by atoms with E-state index in [0.29, 0.717) is 24.3 Å². The summed E-state index contributed by atoms with van der Waals surface area (Å²) in [5.41, 5.74) is 0.597. The number of aryl methyl sites for hydroxylation is 1. The van der Waals surface area contributed by atoms with Gasteiger partial charge in [0.25, 0.3) is 0 Å². The predicted octanol–water partition coefficient (Wildman–Crippen LogP) is 5.79. The van der Waals surface area contributed by atoms with Gasteiger partial charge in [0.05, 0.1) is 5.41 Å². The van der Waals surface area contributed by atoms with Gasteiger partial charge < -0.3 is 0 Å². The van der Waals surface area contributed by atoms with Gasteiger partial charge in [0.2, 0.25) is 0 Å². The van der Waals surface area contributed by atoms with Crippen LogP contribution in [0.15, 0.2) is 18.2 Å². The molecule has 0 aliphatic heterocycles. The summed E-state index contributed by atoms with van der Waals surface area (Å²) in [4.78, 5) is 0. The Hall–Kier alpha value is -0.630. The average molecular weight is 289 g/mol. The molecule has 2 atom stereocenters. The standard InChI is InChI=1S/C16H23ClF2/c1-4-6-15(19)16(11-18,9-5-2)14-10-13(17)8-7-12(14)3/h7-8,10,15H,4-6,9,11H2,1-3H3. The molecule has 0 aliphatic carbocycles. The molecule has 1 rings (SSSR count). The van der Waals surface area contributed by atoms with E-state index in [4.69, 9.17) is 11.6 Å². The summed E-state index contributed by atoms with van der Waals surface area (Å²) >= 11 is 6.02. The fourth-order valence-electron chi connectivity index (χ4n) is 2.79. The summed E-state index contributed by atoms with van der Waals surface area (Å²) in [6.07, 6.45) is 1.19. The van der Waals surface area contributed by atoms with Crippen molar-refractivity contribution in [1.29, 1.82) is 0 Å². The minimum Gasteiger partial charge on any atom is -0.250 e. The Morgan fingerprint density at radius 2 is 1.95 bits per heavy atom. The lowest BCUT2D eigenvalue weighted by Gasteiger charge is -2.36. The van der Waals surface area contributed by atoms with Crippen molar-refractivity contribution >= 4 is 11.6 Å². The Bertz CT molecular complexity index is 406. The van der Waals surface area contributed by atoms with Crippen molar-refractivity contribution < 1.29 is 8.78 Å². The van der Waals surface area contributed by atoms with E-state index in [-0.39, 0.29) is 0 Å². The van der Waals surface area contributed by atoms with Crippen LogP contribution in [0.4, 0.5) is 8.78 Å². The molecule has 0 amide bonds. The van der Waals surface area contributed by atoms with Crippen LogP contribution in [0.1, 0.15) is 50.7 Å². The van der Waals surface area contributed by atoms with Crippen LogP contribution in [0.5, 0.6) is 0 Å². The molecule has 3 heteroatoms. The van der Waals surface area contributed by atoms with Gasteiger partial charge >= 0.3 is 0 Å². The summed E-state index contributed by atoms with van der Waals surface area (Å²) in [6, 6.07) is 5.34. The molecule has 19 heavy (non-hydrogen) atoms. The lowest BCUT2D eigenvalue weighted by molar-refractivity contribution is 0.127. The van der Waals surface area contributed by atoms with Crippen molar-refractivity contribution in [2.24, 2.45) is 0 Å². The molecular weight excluding hydrogens is 266 g/mol. The minimum atomic E-state index is -1.17. The first-order chi connectivity index (χ1) is 9.01. The maximum absolute atomic E-state index is 14.6. The van der Waals surface area contributed by atoms with Gasteiger partial charge in [-0.15, -0.1) is 0 Å². The number of hydrogen-bond acceptors (Lipinski definition) is 0. The van der Waals surface area contributed by atoms with Gasteiger partial charge in [-0.05, 0) is 43.0 Å². The van der Waals surface area contributed by atoms with Crippen LogP contribution < -0.4 is 0 Å². The van der Waals surface area contributed by atoms with Gasteiger partial charge in [-0.2, -0.15) is 0 Å². The van der Waals surface area contributed by atoms with Gasteiger partial charge in [-0.1, -0.05) is 44.4 Å². The van der Waals surface area contributed by atoms with E-state index in [1.165, 1.54) is 0 Å². The third-order valence-electron chi connectivity index (χ3n) is 3.81. The monoisotopic (exact) mass is 288 g/mol. The topological polar surface area (TPSA) is 0 Å². The van der Waals surface area contributed by atoms with Crippen molar-refractivity contribution in [1.82, 2.24) is 0 Å². The summed E-state index contributed by atoms with van der Waals surface area (Å²) in [6.45, 7) is 5.10. The zero-order valence-electron chi connectivity index (χ0n) is 12.0. The number of rotatable bonds is 7. The Kier molecular flexibility index (Phi) is 6.25. The molecule has 0 spiro atoms. The van der Waals surface area contributed by atoms with Crippen molar-refractivity contribution in [3.05, 3.63) is 34.3 Å².